The molecule has 0 bridgehead atoms. The van der Waals surface area contributed by atoms with Gasteiger partial charge >= 0.3 is 0 Å². The van der Waals surface area contributed by atoms with Crippen molar-refractivity contribution in [1.29, 1.82) is 0 Å². The summed E-state index contributed by atoms with van der Waals surface area (Å²) in [5, 5.41) is 42.9. The van der Waals surface area contributed by atoms with Crippen LogP contribution in [0.4, 0.5) is 0 Å². The predicted octanol–water partition coefficient (Wildman–Crippen LogP) is 4.04. The van der Waals surface area contributed by atoms with E-state index in [-0.39, 0.29) is 65.5 Å². The molecule has 0 aromatic carbocycles. The van der Waals surface area contributed by atoms with E-state index in [1.165, 1.54) is 11.1 Å². The Morgan fingerprint density at radius 3 is 2.34 bits per heavy atom. The van der Waals surface area contributed by atoms with Crippen LogP contribution in [-0.2, 0) is 4.79 Å². The highest BCUT2D eigenvalue weighted by Gasteiger charge is 2.68. The summed E-state index contributed by atoms with van der Waals surface area (Å²) in [5.41, 5.74) is 0.662. The van der Waals surface area contributed by atoms with Crippen molar-refractivity contribution in [1.82, 2.24) is 0 Å². The molecule has 196 valence electrons. The van der Waals surface area contributed by atoms with Crippen LogP contribution in [0, 0.1) is 50.7 Å². The molecule has 0 saturated heterocycles. The third kappa shape index (κ3) is 2.93. The Hall–Kier alpha value is -1.01. The lowest BCUT2D eigenvalue weighted by molar-refractivity contribution is -0.181. The topological polar surface area (TPSA) is 98.0 Å². The molecule has 5 rings (SSSR count). The van der Waals surface area contributed by atoms with Gasteiger partial charge in [-0.25, -0.2) is 0 Å². The molecule has 5 nitrogen and oxygen atoms in total. The van der Waals surface area contributed by atoms with Gasteiger partial charge in [0.2, 0.25) is 0 Å². The van der Waals surface area contributed by atoms with Crippen molar-refractivity contribution in [2.45, 2.75) is 85.7 Å². The maximum absolute atomic E-state index is 13.0. The lowest BCUT2D eigenvalue weighted by Crippen LogP contribution is -2.65. The van der Waals surface area contributed by atoms with Crippen LogP contribution >= 0.6 is 0 Å². The molecule has 5 aliphatic rings. The van der Waals surface area contributed by atoms with Crippen molar-refractivity contribution in [2.24, 2.45) is 50.7 Å². The molecule has 0 heterocycles. The van der Waals surface area contributed by atoms with Gasteiger partial charge in [0, 0.05) is 23.9 Å². The molecule has 10 atom stereocenters. The van der Waals surface area contributed by atoms with Gasteiger partial charge in [-0.1, -0.05) is 52.3 Å². The SMILES string of the molecule is C[C@H]1C2=C3C=C[C@@H]4[C@]5(C)CCC(=O)[C@](C)(CO)[C@@H]5CC[C@@]4(C)[C@]3(C)C[C@H](O)[C@@]2(CO)CC[C@H]1CO. The molecule has 5 heteroatoms. The molecule has 0 radical (unpaired) electrons. The van der Waals surface area contributed by atoms with Gasteiger partial charge in [-0.2, -0.15) is 0 Å². The second-order valence-electron chi connectivity index (χ2n) is 13.8. The fourth-order valence-corrected chi connectivity index (χ4v) is 10.3. The fourth-order valence-electron chi connectivity index (χ4n) is 10.3. The first-order chi connectivity index (χ1) is 16.4. The van der Waals surface area contributed by atoms with Crippen molar-refractivity contribution < 1.29 is 25.2 Å². The van der Waals surface area contributed by atoms with E-state index in [0.29, 0.717) is 19.3 Å². The largest absolute Gasteiger partial charge is 0.396 e. The summed E-state index contributed by atoms with van der Waals surface area (Å²) in [6.45, 7) is 11.2. The first kappa shape index (κ1) is 25.6. The van der Waals surface area contributed by atoms with Crippen LogP contribution in [0.5, 0.6) is 0 Å². The van der Waals surface area contributed by atoms with E-state index < -0.39 is 16.9 Å². The first-order valence-corrected chi connectivity index (χ1v) is 13.9. The van der Waals surface area contributed by atoms with E-state index in [9.17, 15) is 25.2 Å². The van der Waals surface area contributed by atoms with Gasteiger partial charge in [0.05, 0.1) is 24.7 Å². The van der Waals surface area contributed by atoms with Gasteiger partial charge < -0.3 is 20.4 Å². The number of carbonyl (C=O) groups is 1. The van der Waals surface area contributed by atoms with Crippen molar-refractivity contribution in [2.75, 3.05) is 19.8 Å². The van der Waals surface area contributed by atoms with E-state index in [1.54, 1.807) is 0 Å². The summed E-state index contributed by atoms with van der Waals surface area (Å²) in [5.74, 6) is 0.829. The minimum atomic E-state index is -0.688. The summed E-state index contributed by atoms with van der Waals surface area (Å²) in [4.78, 5) is 13.0. The number of allylic oxidation sites excluding steroid dienone is 3. The molecular formula is C30H46O5. The summed E-state index contributed by atoms with van der Waals surface area (Å²) in [6.07, 6.45) is 9.41. The number of fused-ring (bicyclic) bond motifs is 6. The van der Waals surface area contributed by atoms with Crippen molar-refractivity contribution >= 4 is 5.78 Å². The molecule has 5 aliphatic carbocycles. The lowest BCUT2D eigenvalue weighted by atomic mass is 9.35. The van der Waals surface area contributed by atoms with Gasteiger partial charge in [-0.05, 0) is 78.6 Å². The van der Waals surface area contributed by atoms with E-state index in [0.717, 1.165) is 25.7 Å². The monoisotopic (exact) mass is 486 g/mol. The highest BCUT2D eigenvalue weighted by molar-refractivity contribution is 5.86. The molecular weight excluding hydrogens is 440 g/mol. The molecule has 0 amide bonds. The minimum absolute atomic E-state index is 0.0592. The number of aliphatic hydroxyl groups is 4. The van der Waals surface area contributed by atoms with Crippen LogP contribution < -0.4 is 0 Å². The smallest absolute Gasteiger partial charge is 0.141 e. The standard InChI is InChI=1S/C30H46O5/c1-18-19(15-31)8-13-30(17-33)24(35)14-29(5)20(25(18)30)6-7-22-26(2)11-10-23(34)27(3,16-32)21(26)9-12-28(22,29)4/h6-7,18-19,21-22,24,31-33,35H,8-17H2,1-5H3/t18-,19+,21-,22-,24+,26-,27-,28-,29-,30+/m1/s1. The Morgan fingerprint density at radius 1 is 1.00 bits per heavy atom. The van der Waals surface area contributed by atoms with Crippen LogP contribution in [0.1, 0.15) is 79.6 Å². The zero-order valence-corrected chi connectivity index (χ0v) is 22.3. The predicted molar refractivity (Wildman–Crippen MR) is 135 cm³/mol. The number of rotatable bonds is 3. The van der Waals surface area contributed by atoms with E-state index in [2.05, 4.69) is 39.8 Å². The normalized spacial score (nSPS) is 53.5. The molecule has 0 unspecified atom stereocenters. The van der Waals surface area contributed by atoms with Crippen molar-refractivity contribution in [3.05, 3.63) is 23.3 Å². The lowest BCUT2D eigenvalue weighted by Gasteiger charge is -2.69. The first-order valence-electron chi connectivity index (χ1n) is 13.9. The molecule has 0 aromatic heterocycles. The molecule has 3 fully saturated rings. The number of ketones is 1. The molecule has 0 spiro atoms. The Labute approximate surface area is 210 Å². The second kappa shape index (κ2) is 7.99. The van der Waals surface area contributed by atoms with Gasteiger partial charge in [-0.3, -0.25) is 4.79 Å². The number of carbonyl (C=O) groups excluding carboxylic acids is 1. The third-order valence-electron chi connectivity index (χ3n) is 12.8. The summed E-state index contributed by atoms with van der Waals surface area (Å²) < 4.78 is 0. The molecule has 0 aliphatic heterocycles. The number of hydrogen-bond acceptors (Lipinski definition) is 5. The number of aliphatic hydroxyl groups excluding tert-OH is 4. The van der Waals surface area contributed by atoms with Gasteiger partial charge in [0.15, 0.2) is 0 Å². The zero-order valence-electron chi connectivity index (χ0n) is 22.3. The van der Waals surface area contributed by atoms with Crippen molar-refractivity contribution in [3.63, 3.8) is 0 Å². The quantitative estimate of drug-likeness (QED) is 0.483. The average molecular weight is 487 g/mol. The maximum Gasteiger partial charge on any atom is 0.141 e. The summed E-state index contributed by atoms with van der Waals surface area (Å²) >= 11 is 0. The fraction of sp³-hybridized carbons (Fsp3) is 0.833. The van der Waals surface area contributed by atoms with Crippen LogP contribution in [0.3, 0.4) is 0 Å². The van der Waals surface area contributed by atoms with E-state index in [4.69, 9.17) is 0 Å². The third-order valence-corrected chi connectivity index (χ3v) is 12.8. The number of Topliss-reactive ketones (excluding diaryl/α,β-unsaturated/α-hetero) is 1. The Kier molecular flexibility index (Phi) is 5.85. The summed E-state index contributed by atoms with van der Waals surface area (Å²) in [6, 6.07) is 0. The minimum Gasteiger partial charge on any atom is -0.396 e. The molecule has 0 aromatic rings. The van der Waals surface area contributed by atoms with E-state index in [1.807, 2.05) is 6.92 Å². The molecule has 3 saturated carbocycles. The van der Waals surface area contributed by atoms with E-state index >= 15 is 0 Å². The highest BCUT2D eigenvalue weighted by Crippen LogP contribution is 2.73. The van der Waals surface area contributed by atoms with Gasteiger partial charge in [0.1, 0.15) is 5.78 Å². The highest BCUT2D eigenvalue weighted by atomic mass is 16.3. The Balaban J connectivity index is 1.70. The van der Waals surface area contributed by atoms with Crippen molar-refractivity contribution in [3.8, 4) is 0 Å². The zero-order chi connectivity index (χ0) is 25.6. The Morgan fingerprint density at radius 2 is 1.71 bits per heavy atom. The molecule has 35 heavy (non-hydrogen) atoms. The van der Waals surface area contributed by atoms with Crippen LogP contribution in [0.15, 0.2) is 23.3 Å². The number of hydrogen-bond donors (Lipinski definition) is 4. The van der Waals surface area contributed by atoms with Crippen LogP contribution in [0.2, 0.25) is 0 Å². The van der Waals surface area contributed by atoms with Crippen LogP contribution in [-0.4, -0.2) is 52.1 Å². The van der Waals surface area contributed by atoms with Gasteiger partial charge in [-0.15, -0.1) is 0 Å². The second-order valence-corrected chi connectivity index (χ2v) is 13.8. The average Bonchev–Trinajstić information content (AvgIpc) is 2.82. The summed E-state index contributed by atoms with van der Waals surface area (Å²) in [7, 11) is 0. The van der Waals surface area contributed by atoms with Gasteiger partial charge in [0.25, 0.3) is 0 Å². The van der Waals surface area contributed by atoms with Crippen LogP contribution in [0.25, 0.3) is 0 Å². The maximum atomic E-state index is 13.0. The molecule has 4 N–H and O–H groups in total. The Bertz CT molecular complexity index is 970.